The van der Waals surface area contributed by atoms with Crippen LogP contribution in [0.15, 0.2) is 45.7 Å². The molecule has 0 radical (unpaired) electrons. The number of halogens is 7. The molecule has 0 spiro atoms. The zero-order valence-electron chi connectivity index (χ0n) is 15.7. The summed E-state index contributed by atoms with van der Waals surface area (Å²) in [6.07, 6.45) is -10.5. The maximum atomic E-state index is 14.5. The molecule has 14 heteroatoms. The second-order valence-corrected chi connectivity index (χ2v) is 7.83. The van der Waals surface area contributed by atoms with E-state index < -0.39 is 67.3 Å². The first-order valence-electron chi connectivity index (χ1n) is 8.30. The number of hydrogen-bond donors (Lipinski definition) is 1. The number of benzene rings is 2. The lowest BCUT2D eigenvalue weighted by Gasteiger charge is -2.15. The van der Waals surface area contributed by atoms with Gasteiger partial charge < -0.3 is 9.15 Å². The molecule has 2 N–H and O–H groups in total. The van der Waals surface area contributed by atoms with E-state index in [0.717, 1.165) is 37.4 Å². The second kappa shape index (κ2) is 7.78. The van der Waals surface area contributed by atoms with E-state index in [-0.39, 0.29) is 5.56 Å². The van der Waals surface area contributed by atoms with Gasteiger partial charge in [-0.3, -0.25) is 0 Å². The maximum absolute atomic E-state index is 14.5. The summed E-state index contributed by atoms with van der Waals surface area (Å²) in [5.74, 6) is -5.58. The van der Waals surface area contributed by atoms with Gasteiger partial charge in [-0.05, 0) is 24.3 Å². The number of primary sulfonamides is 1. The van der Waals surface area contributed by atoms with E-state index in [1.165, 1.54) is 0 Å². The molecular weight excluding hydrogens is 473 g/mol. The maximum Gasteiger partial charge on any atom is 0.468 e. The highest BCUT2D eigenvalue weighted by atomic mass is 32.2. The molecule has 2 aromatic carbocycles. The van der Waals surface area contributed by atoms with Crippen LogP contribution in [-0.2, 0) is 22.4 Å². The molecule has 0 aliphatic carbocycles. The van der Waals surface area contributed by atoms with Crippen molar-refractivity contribution in [2.45, 2.75) is 17.2 Å². The van der Waals surface area contributed by atoms with Crippen LogP contribution in [0.3, 0.4) is 0 Å². The highest BCUT2D eigenvalue weighted by Gasteiger charge is 2.43. The smallest absolute Gasteiger partial charge is 0.468 e. The molecule has 0 bridgehead atoms. The van der Waals surface area contributed by atoms with Crippen molar-refractivity contribution in [3.8, 4) is 28.3 Å². The van der Waals surface area contributed by atoms with Gasteiger partial charge in [0.2, 0.25) is 10.0 Å². The molecule has 0 aliphatic rings. The minimum absolute atomic E-state index is 0.240. The number of oxazole rings is 1. The van der Waals surface area contributed by atoms with Crippen molar-refractivity contribution in [2.24, 2.45) is 5.14 Å². The molecule has 0 amide bonds. The van der Waals surface area contributed by atoms with Crippen molar-refractivity contribution in [1.29, 1.82) is 0 Å². The Morgan fingerprint density at radius 2 is 1.56 bits per heavy atom. The minimum Gasteiger partial charge on any atom is -0.494 e. The number of alkyl halides is 6. The summed E-state index contributed by atoms with van der Waals surface area (Å²) in [5, 5.41) is 4.95. The Balaban J connectivity index is 2.33. The van der Waals surface area contributed by atoms with E-state index in [4.69, 9.17) is 5.14 Å². The van der Waals surface area contributed by atoms with Crippen LogP contribution in [0.25, 0.3) is 22.6 Å². The molecule has 3 rings (SSSR count). The molecule has 6 nitrogen and oxygen atoms in total. The topological polar surface area (TPSA) is 95.4 Å². The first kappa shape index (κ1) is 23.5. The Labute approximate surface area is 175 Å². The molecule has 0 saturated heterocycles. The number of nitrogens with zero attached hydrogens (tertiary/aromatic N) is 1. The Kier molecular flexibility index (Phi) is 5.72. The SMILES string of the molecule is COc1ccc(-c2oc(C(F)(F)F)nc2-c2ccc(S(N)(=O)=O)cc2)c(C(F)(F)F)c1F. The summed E-state index contributed by atoms with van der Waals surface area (Å²) in [5.41, 5.74) is -3.96. The summed E-state index contributed by atoms with van der Waals surface area (Å²) in [7, 11) is -3.25. The Hall–Kier alpha value is -3.13. The van der Waals surface area contributed by atoms with E-state index in [1.807, 2.05) is 0 Å². The van der Waals surface area contributed by atoms with Crippen LogP contribution >= 0.6 is 0 Å². The predicted octanol–water partition coefficient (Wildman–Crippen LogP) is 4.84. The first-order chi connectivity index (χ1) is 14.6. The van der Waals surface area contributed by atoms with Gasteiger partial charge in [0.15, 0.2) is 17.3 Å². The first-order valence-corrected chi connectivity index (χ1v) is 9.84. The van der Waals surface area contributed by atoms with E-state index in [9.17, 15) is 39.2 Å². The molecule has 0 saturated carbocycles. The largest absolute Gasteiger partial charge is 0.494 e. The van der Waals surface area contributed by atoms with Crippen molar-refractivity contribution in [3.05, 3.63) is 53.7 Å². The van der Waals surface area contributed by atoms with Crippen LogP contribution in [-0.4, -0.2) is 20.5 Å². The van der Waals surface area contributed by atoms with Gasteiger partial charge >= 0.3 is 18.2 Å². The summed E-state index contributed by atoms with van der Waals surface area (Å²) >= 11 is 0. The van der Waals surface area contributed by atoms with Gasteiger partial charge in [-0.15, -0.1) is 0 Å². The predicted molar refractivity (Wildman–Crippen MR) is 95.3 cm³/mol. The molecule has 1 aromatic heterocycles. The van der Waals surface area contributed by atoms with Gasteiger partial charge in [0, 0.05) is 11.1 Å². The molecule has 0 fully saturated rings. The fourth-order valence-corrected chi connectivity index (χ4v) is 3.32. The molecule has 3 aromatic rings. The van der Waals surface area contributed by atoms with Crippen LogP contribution in [0.5, 0.6) is 5.75 Å². The third-order valence-corrected chi connectivity index (χ3v) is 5.11. The van der Waals surface area contributed by atoms with Crippen molar-refractivity contribution >= 4 is 10.0 Å². The molecule has 0 atom stereocenters. The Morgan fingerprint density at radius 1 is 0.969 bits per heavy atom. The van der Waals surface area contributed by atoms with Crippen LogP contribution in [0.1, 0.15) is 11.5 Å². The van der Waals surface area contributed by atoms with E-state index in [1.54, 1.807) is 0 Å². The number of sulfonamides is 1. The van der Waals surface area contributed by atoms with Crippen molar-refractivity contribution in [1.82, 2.24) is 4.98 Å². The van der Waals surface area contributed by atoms with Gasteiger partial charge in [0.25, 0.3) is 0 Å². The fourth-order valence-electron chi connectivity index (χ4n) is 2.80. The zero-order valence-corrected chi connectivity index (χ0v) is 16.5. The van der Waals surface area contributed by atoms with E-state index in [2.05, 4.69) is 14.1 Å². The van der Waals surface area contributed by atoms with Gasteiger partial charge in [-0.25, -0.2) is 22.9 Å². The third kappa shape index (κ3) is 4.41. The zero-order chi connectivity index (χ0) is 24.1. The number of methoxy groups -OCH3 is 1. The number of nitrogens with two attached hydrogens (primary N) is 1. The lowest BCUT2D eigenvalue weighted by molar-refractivity contribution is -0.156. The Bertz CT molecular complexity index is 1260. The van der Waals surface area contributed by atoms with Crippen molar-refractivity contribution < 1.29 is 48.3 Å². The lowest BCUT2D eigenvalue weighted by atomic mass is 9.99. The molecule has 1 heterocycles. The summed E-state index contributed by atoms with van der Waals surface area (Å²) in [6, 6.07) is 5.21. The van der Waals surface area contributed by atoms with Gasteiger partial charge in [0.05, 0.1) is 12.0 Å². The number of hydrogen-bond acceptors (Lipinski definition) is 5. The highest BCUT2D eigenvalue weighted by molar-refractivity contribution is 7.89. The normalized spacial score (nSPS) is 12.8. The quantitative estimate of drug-likeness (QED) is 0.535. The second-order valence-electron chi connectivity index (χ2n) is 6.27. The average molecular weight is 484 g/mol. The Morgan fingerprint density at radius 3 is 2.03 bits per heavy atom. The summed E-state index contributed by atoms with van der Waals surface area (Å²) < 4.78 is 127. The standard InChI is InChI=1S/C18H11F7N2O4S/c1-30-11-7-6-10(12(13(11)19)17(20,21)22)15-14(27-16(31-15)18(23,24)25)8-2-4-9(5-3-8)32(26,28)29/h2-7H,1H3,(H2,26,28,29). The molecule has 32 heavy (non-hydrogen) atoms. The minimum atomic E-state index is -5.34. The average Bonchev–Trinajstić information content (AvgIpc) is 3.12. The molecule has 172 valence electrons. The molecular formula is C18H11F7N2O4S. The highest BCUT2D eigenvalue weighted by Crippen LogP contribution is 2.46. The van der Waals surface area contributed by atoms with Crippen LogP contribution < -0.4 is 9.88 Å². The van der Waals surface area contributed by atoms with Crippen LogP contribution in [0.4, 0.5) is 30.7 Å². The van der Waals surface area contributed by atoms with Crippen molar-refractivity contribution in [2.75, 3.05) is 7.11 Å². The lowest BCUT2D eigenvalue weighted by Crippen LogP contribution is -2.12. The van der Waals surface area contributed by atoms with Crippen molar-refractivity contribution in [3.63, 3.8) is 0 Å². The number of ether oxygens (including phenoxy) is 1. The third-order valence-electron chi connectivity index (χ3n) is 4.18. The number of aromatic nitrogens is 1. The summed E-state index contributed by atoms with van der Waals surface area (Å²) in [6.45, 7) is 0. The molecule has 0 aliphatic heterocycles. The van der Waals surface area contributed by atoms with Gasteiger partial charge in [0.1, 0.15) is 11.3 Å². The van der Waals surface area contributed by atoms with Gasteiger partial charge in [-0.2, -0.15) is 26.3 Å². The van der Waals surface area contributed by atoms with Crippen LogP contribution in [0, 0.1) is 5.82 Å². The van der Waals surface area contributed by atoms with E-state index in [0.29, 0.717) is 6.07 Å². The molecule has 0 unspecified atom stereocenters. The van der Waals surface area contributed by atoms with E-state index >= 15 is 0 Å². The van der Waals surface area contributed by atoms with Crippen LogP contribution in [0.2, 0.25) is 0 Å². The number of rotatable bonds is 4. The van der Waals surface area contributed by atoms with Gasteiger partial charge in [-0.1, -0.05) is 12.1 Å². The fraction of sp³-hybridized carbons (Fsp3) is 0.167. The monoisotopic (exact) mass is 484 g/mol. The summed E-state index contributed by atoms with van der Waals surface area (Å²) in [4.78, 5) is 2.81.